The summed E-state index contributed by atoms with van der Waals surface area (Å²) in [7, 11) is -3.11. The molecule has 0 unspecified atom stereocenters. The van der Waals surface area contributed by atoms with Gasteiger partial charge in [-0.1, -0.05) is 0 Å². The topological polar surface area (TPSA) is 129 Å². The fourth-order valence-corrected chi connectivity index (χ4v) is 4.99. The SMILES string of the molecule is COc1ncc(-c2cc(OCC3CC3)c3nc(N)nc(C)c3c2)cc1NS(=O)(=O)c1ccc(F)cc1F. The fourth-order valence-electron chi connectivity index (χ4n) is 3.88. The quantitative estimate of drug-likeness (QED) is 0.344. The van der Waals surface area contributed by atoms with E-state index in [-0.39, 0.29) is 17.5 Å². The summed E-state index contributed by atoms with van der Waals surface area (Å²) in [4.78, 5) is 12.1. The second kappa shape index (κ2) is 9.43. The molecule has 1 aliphatic rings. The summed E-state index contributed by atoms with van der Waals surface area (Å²) in [6.07, 6.45) is 3.72. The van der Waals surface area contributed by atoms with Crippen LogP contribution in [0.4, 0.5) is 20.4 Å². The molecule has 2 aromatic heterocycles. The van der Waals surface area contributed by atoms with Gasteiger partial charge in [-0.2, -0.15) is 0 Å². The molecule has 0 spiro atoms. The Balaban J connectivity index is 1.58. The number of hydrogen-bond acceptors (Lipinski definition) is 8. The van der Waals surface area contributed by atoms with Gasteiger partial charge in [-0.3, -0.25) is 4.72 Å². The lowest BCUT2D eigenvalue weighted by Crippen LogP contribution is -2.15. The number of anilines is 2. The van der Waals surface area contributed by atoms with Gasteiger partial charge in [-0.15, -0.1) is 0 Å². The third kappa shape index (κ3) is 5.10. The molecule has 0 amide bonds. The average Bonchev–Trinajstić information content (AvgIpc) is 3.66. The molecule has 4 aromatic rings. The molecule has 0 saturated heterocycles. The first-order chi connectivity index (χ1) is 17.6. The van der Waals surface area contributed by atoms with E-state index in [1.165, 1.54) is 19.4 Å². The zero-order valence-electron chi connectivity index (χ0n) is 20.0. The van der Waals surface area contributed by atoms with Crippen LogP contribution in [0.25, 0.3) is 22.0 Å². The zero-order chi connectivity index (χ0) is 26.3. The number of nitrogens with one attached hydrogen (secondary N) is 1. The molecule has 0 bridgehead atoms. The van der Waals surface area contributed by atoms with Crippen LogP contribution in [0, 0.1) is 24.5 Å². The van der Waals surface area contributed by atoms with Crippen LogP contribution in [-0.2, 0) is 10.0 Å². The van der Waals surface area contributed by atoms with Crippen molar-refractivity contribution in [1.29, 1.82) is 0 Å². The van der Waals surface area contributed by atoms with Crippen LogP contribution in [0.5, 0.6) is 11.6 Å². The molecule has 192 valence electrons. The van der Waals surface area contributed by atoms with Crippen molar-refractivity contribution in [3.05, 3.63) is 59.9 Å². The van der Waals surface area contributed by atoms with Gasteiger partial charge >= 0.3 is 0 Å². The Morgan fingerprint density at radius 2 is 1.89 bits per heavy atom. The largest absolute Gasteiger partial charge is 0.491 e. The van der Waals surface area contributed by atoms with Crippen molar-refractivity contribution >= 4 is 32.6 Å². The van der Waals surface area contributed by atoms with Crippen molar-refractivity contribution in [2.45, 2.75) is 24.7 Å². The van der Waals surface area contributed by atoms with Crippen LogP contribution in [0.3, 0.4) is 0 Å². The maximum Gasteiger partial charge on any atom is 0.264 e. The second-order valence-corrected chi connectivity index (χ2v) is 10.4. The number of pyridine rings is 1. The Kier molecular flexibility index (Phi) is 6.28. The standard InChI is InChI=1S/C25H23F2N5O4S/c1-13-18-7-15(9-21(36-12-14-3-4-14)23(18)31-25(28)30-13)16-8-20(24(35-2)29-11-16)32-37(33,34)22-6-5-17(26)10-19(22)27/h5-11,14,32H,3-4,12H2,1-2H3,(H2,28,30,31). The third-order valence-corrected chi connectivity index (χ3v) is 7.35. The summed E-state index contributed by atoms with van der Waals surface area (Å²) in [6.45, 7) is 2.34. The van der Waals surface area contributed by atoms with Gasteiger partial charge in [0.2, 0.25) is 11.8 Å². The summed E-state index contributed by atoms with van der Waals surface area (Å²) in [5, 5.41) is 0.712. The molecule has 1 aliphatic carbocycles. The van der Waals surface area contributed by atoms with E-state index in [1.54, 1.807) is 13.0 Å². The van der Waals surface area contributed by atoms with E-state index in [1.807, 2.05) is 6.07 Å². The van der Waals surface area contributed by atoms with Crippen molar-refractivity contribution in [1.82, 2.24) is 15.0 Å². The van der Waals surface area contributed by atoms with Crippen LogP contribution >= 0.6 is 0 Å². The van der Waals surface area contributed by atoms with E-state index in [0.717, 1.165) is 25.0 Å². The normalized spacial score (nSPS) is 13.5. The molecule has 1 saturated carbocycles. The zero-order valence-corrected chi connectivity index (χ0v) is 20.8. The summed E-state index contributed by atoms with van der Waals surface area (Å²) in [5.41, 5.74) is 8.23. The Labute approximate surface area is 211 Å². The number of ether oxygens (including phenoxy) is 2. The highest BCUT2D eigenvalue weighted by molar-refractivity contribution is 7.92. The van der Waals surface area contributed by atoms with Crippen molar-refractivity contribution in [3.63, 3.8) is 0 Å². The number of nitrogens with zero attached hydrogens (tertiary/aromatic N) is 3. The molecule has 2 aromatic carbocycles. The number of halogens is 2. The molecule has 12 heteroatoms. The van der Waals surface area contributed by atoms with Gasteiger partial charge in [0.1, 0.15) is 33.5 Å². The minimum absolute atomic E-state index is 0.0328. The highest BCUT2D eigenvalue weighted by Crippen LogP contribution is 2.37. The van der Waals surface area contributed by atoms with E-state index < -0.39 is 26.6 Å². The Morgan fingerprint density at radius 3 is 2.59 bits per heavy atom. The number of nitrogens with two attached hydrogens (primary N) is 1. The molecule has 3 N–H and O–H groups in total. The number of rotatable bonds is 8. The predicted octanol–water partition coefficient (Wildman–Crippen LogP) is 4.46. The third-order valence-electron chi connectivity index (χ3n) is 5.95. The highest BCUT2D eigenvalue weighted by Gasteiger charge is 2.24. The predicted molar refractivity (Wildman–Crippen MR) is 134 cm³/mol. The van der Waals surface area contributed by atoms with Gasteiger partial charge in [-0.05, 0) is 61.6 Å². The first kappa shape index (κ1) is 24.6. The first-order valence-electron chi connectivity index (χ1n) is 11.4. The monoisotopic (exact) mass is 527 g/mol. The minimum Gasteiger partial charge on any atom is -0.491 e. The Hall–Kier alpha value is -4.06. The highest BCUT2D eigenvalue weighted by atomic mass is 32.2. The summed E-state index contributed by atoms with van der Waals surface area (Å²) in [5.74, 6) is -1.01. The van der Waals surface area contributed by atoms with Gasteiger partial charge in [0, 0.05) is 23.2 Å². The lowest BCUT2D eigenvalue weighted by Gasteiger charge is -2.15. The maximum atomic E-state index is 14.2. The van der Waals surface area contributed by atoms with Gasteiger partial charge in [0.25, 0.3) is 10.0 Å². The molecule has 0 radical (unpaired) electrons. The van der Waals surface area contributed by atoms with Crippen molar-refractivity contribution in [2.24, 2.45) is 5.92 Å². The lowest BCUT2D eigenvalue weighted by molar-refractivity contribution is 0.303. The lowest BCUT2D eigenvalue weighted by atomic mass is 10.0. The van der Waals surface area contributed by atoms with Crippen LogP contribution < -0.4 is 19.9 Å². The van der Waals surface area contributed by atoms with Crippen LogP contribution in [-0.4, -0.2) is 37.1 Å². The van der Waals surface area contributed by atoms with Crippen LogP contribution in [0.1, 0.15) is 18.5 Å². The van der Waals surface area contributed by atoms with Crippen molar-refractivity contribution in [3.8, 4) is 22.8 Å². The number of aromatic nitrogens is 3. The number of methoxy groups -OCH3 is 1. The van der Waals surface area contributed by atoms with E-state index in [4.69, 9.17) is 15.2 Å². The number of sulfonamides is 1. The summed E-state index contributed by atoms with van der Waals surface area (Å²) in [6, 6.07) is 7.31. The fraction of sp³-hybridized carbons (Fsp3) is 0.240. The van der Waals surface area contributed by atoms with E-state index in [0.29, 0.717) is 52.1 Å². The smallest absolute Gasteiger partial charge is 0.264 e. The number of aryl methyl sites for hydroxylation is 1. The molecular weight excluding hydrogens is 504 g/mol. The molecule has 2 heterocycles. The van der Waals surface area contributed by atoms with Gasteiger partial charge in [-0.25, -0.2) is 32.2 Å². The molecule has 0 atom stereocenters. The first-order valence-corrected chi connectivity index (χ1v) is 12.9. The summed E-state index contributed by atoms with van der Waals surface area (Å²) >= 11 is 0. The minimum atomic E-state index is -4.43. The number of benzene rings is 2. The Morgan fingerprint density at radius 1 is 1.11 bits per heavy atom. The maximum absolute atomic E-state index is 14.2. The number of fused-ring (bicyclic) bond motifs is 1. The molecule has 9 nitrogen and oxygen atoms in total. The van der Waals surface area contributed by atoms with Gasteiger partial charge in [0.15, 0.2) is 0 Å². The number of hydrogen-bond donors (Lipinski definition) is 2. The van der Waals surface area contributed by atoms with E-state index >= 15 is 0 Å². The summed E-state index contributed by atoms with van der Waals surface area (Å²) < 4.78 is 66.9. The molecule has 5 rings (SSSR count). The second-order valence-electron chi connectivity index (χ2n) is 8.75. The van der Waals surface area contributed by atoms with Crippen LogP contribution in [0.2, 0.25) is 0 Å². The molecule has 37 heavy (non-hydrogen) atoms. The van der Waals surface area contributed by atoms with E-state index in [9.17, 15) is 17.2 Å². The van der Waals surface area contributed by atoms with Crippen LogP contribution in [0.15, 0.2) is 47.5 Å². The van der Waals surface area contributed by atoms with Gasteiger partial charge in [0.05, 0.1) is 19.4 Å². The Bertz CT molecular complexity index is 1630. The van der Waals surface area contributed by atoms with Crippen molar-refractivity contribution < 1.29 is 26.7 Å². The van der Waals surface area contributed by atoms with Crippen molar-refractivity contribution in [2.75, 3.05) is 24.2 Å². The molecule has 0 aliphatic heterocycles. The van der Waals surface area contributed by atoms with Gasteiger partial charge < -0.3 is 15.2 Å². The molecule has 1 fully saturated rings. The number of nitrogen functional groups attached to an aromatic ring is 1. The average molecular weight is 528 g/mol. The van der Waals surface area contributed by atoms with E-state index in [2.05, 4.69) is 19.7 Å². The molecular formula is C25H23F2N5O4S.